The van der Waals surface area contributed by atoms with Gasteiger partial charge in [-0.15, -0.1) is 0 Å². The number of carboxylic acid groups (broad SMARTS) is 1. The Balaban J connectivity index is 2.27. The van der Waals surface area contributed by atoms with Gasteiger partial charge in [0.05, 0.1) is 42.7 Å². The van der Waals surface area contributed by atoms with Crippen LogP contribution in [0.25, 0.3) is 0 Å². The Morgan fingerprint density at radius 1 is 0.981 bits per heavy atom. The molecule has 0 aromatic heterocycles. The first-order valence-electron chi connectivity index (χ1n) is 19.3. The lowest BCUT2D eigenvalue weighted by Gasteiger charge is -2.41. The molecule has 1 saturated heterocycles. The van der Waals surface area contributed by atoms with Gasteiger partial charge < -0.3 is 35.0 Å². The molecule has 1 aliphatic rings. The molecule has 0 unspecified atom stereocenters. The number of ketones is 1. The maximum Gasteiger partial charge on any atom is 0.326 e. The molecule has 0 spiro atoms. The van der Waals surface area contributed by atoms with Crippen molar-refractivity contribution in [2.75, 3.05) is 34.9 Å². The predicted molar refractivity (Wildman–Crippen MR) is 206 cm³/mol. The van der Waals surface area contributed by atoms with E-state index in [1.807, 2.05) is 72.7 Å². The summed E-state index contributed by atoms with van der Waals surface area (Å²) in [7, 11) is 6.57. The largest absolute Gasteiger partial charge is 0.480 e. The maximum atomic E-state index is 14.2. The topological polar surface area (TPSA) is 155 Å². The van der Waals surface area contributed by atoms with Crippen molar-refractivity contribution in [1.82, 2.24) is 20.4 Å². The van der Waals surface area contributed by atoms with Crippen LogP contribution in [0.2, 0.25) is 0 Å². The van der Waals surface area contributed by atoms with Gasteiger partial charge in [-0.3, -0.25) is 19.2 Å². The third-order valence-electron chi connectivity index (χ3n) is 11.4. The van der Waals surface area contributed by atoms with E-state index in [0.29, 0.717) is 19.4 Å². The van der Waals surface area contributed by atoms with Gasteiger partial charge in [-0.05, 0) is 55.7 Å². The fourth-order valence-corrected chi connectivity index (χ4v) is 7.95. The van der Waals surface area contributed by atoms with E-state index in [2.05, 4.69) is 10.6 Å². The Morgan fingerprint density at radius 3 is 2.13 bits per heavy atom. The van der Waals surface area contributed by atoms with Gasteiger partial charge in [0.2, 0.25) is 17.7 Å². The quantitative estimate of drug-likeness (QED) is 0.156. The van der Waals surface area contributed by atoms with Gasteiger partial charge in [0.1, 0.15) is 6.04 Å². The van der Waals surface area contributed by atoms with Crippen molar-refractivity contribution in [2.45, 2.75) is 130 Å². The molecule has 300 valence electrons. The third kappa shape index (κ3) is 12.1. The molecule has 12 heteroatoms. The normalized spacial score (nSPS) is 19.2. The molecular formula is C41H68N4O8. The third-order valence-corrected chi connectivity index (χ3v) is 11.4. The number of likely N-dealkylation sites (tertiary alicyclic amines) is 1. The molecule has 0 aliphatic carbocycles. The van der Waals surface area contributed by atoms with Crippen LogP contribution in [0.15, 0.2) is 24.3 Å². The highest BCUT2D eigenvalue weighted by molar-refractivity contribution is 5.90. The van der Waals surface area contributed by atoms with Crippen molar-refractivity contribution in [3.05, 3.63) is 35.4 Å². The van der Waals surface area contributed by atoms with E-state index in [-0.39, 0.29) is 60.7 Å². The zero-order valence-electron chi connectivity index (χ0n) is 34.3. The molecule has 12 nitrogen and oxygen atoms in total. The second-order valence-electron chi connectivity index (χ2n) is 15.7. The highest BCUT2D eigenvalue weighted by atomic mass is 16.5. The fourth-order valence-electron chi connectivity index (χ4n) is 7.95. The van der Waals surface area contributed by atoms with E-state index in [1.165, 1.54) is 7.11 Å². The number of nitrogens with one attached hydrogen (secondary N) is 2. The molecule has 0 radical (unpaired) electrons. The number of aryl methyl sites for hydroxylation is 1. The Hall–Kier alpha value is -3.35. The van der Waals surface area contributed by atoms with Gasteiger partial charge >= 0.3 is 5.97 Å². The number of hydrogen-bond acceptors (Lipinski definition) is 8. The zero-order chi connectivity index (χ0) is 40.2. The van der Waals surface area contributed by atoms with Crippen LogP contribution in [0, 0.1) is 36.5 Å². The molecule has 3 N–H and O–H groups in total. The minimum Gasteiger partial charge on any atom is -0.480 e. The summed E-state index contributed by atoms with van der Waals surface area (Å²) < 4.78 is 11.9. The molecule has 1 heterocycles. The Morgan fingerprint density at radius 2 is 1.62 bits per heavy atom. The molecule has 1 fully saturated rings. The number of rotatable bonds is 22. The summed E-state index contributed by atoms with van der Waals surface area (Å²) in [5.74, 6) is -3.20. The lowest BCUT2D eigenvalue weighted by molar-refractivity contribution is -0.149. The SMILES string of the molecule is CC[C@H](C)[C@@H]([C@@H](CC(=O)N1CCC[C@H]1[C@H](OC)[C@@H](C)C(=O)N[C@@H](Cc1ccccc1C)C(=O)O)OC)N(C)C(=O)[C@@H](CC(=O)[C@@H](NC)C(C)C)C(C)C. The van der Waals surface area contributed by atoms with Crippen LogP contribution >= 0.6 is 0 Å². The van der Waals surface area contributed by atoms with Gasteiger partial charge in [0, 0.05) is 46.6 Å². The van der Waals surface area contributed by atoms with Crippen LogP contribution < -0.4 is 10.6 Å². The first kappa shape index (κ1) is 45.8. The summed E-state index contributed by atoms with van der Waals surface area (Å²) in [4.78, 5) is 70.8. The van der Waals surface area contributed by atoms with Crippen LogP contribution in [0.5, 0.6) is 0 Å². The standard InChI is InChI=1S/C41H68N4O8/c1-13-26(6)37(44(10)40(49)30(24(2)3)22-33(46)36(42-9)25(4)5)34(52-11)23-35(47)45-20-16-19-32(45)38(53-12)28(8)39(48)43-31(41(50)51)21-29-18-15-14-17-27(29)7/h14-15,17-18,24-26,28,30-32,34,36-38,42H,13,16,19-23H2,1-12H3,(H,43,48)(H,50,51)/t26-,28+,30-,31-,32-,34+,36-,37-,38+/m0/s1. The van der Waals surface area contributed by atoms with Crippen molar-refractivity contribution in [1.29, 1.82) is 0 Å². The molecule has 0 saturated carbocycles. The van der Waals surface area contributed by atoms with Crippen molar-refractivity contribution in [3.63, 3.8) is 0 Å². The van der Waals surface area contributed by atoms with E-state index in [9.17, 15) is 29.1 Å². The van der Waals surface area contributed by atoms with Crippen molar-refractivity contribution < 1.29 is 38.6 Å². The number of Topliss-reactive ketones (excluding diaryl/α,β-unsaturated/α-hetero) is 1. The lowest BCUT2D eigenvalue weighted by atomic mass is 9.84. The minimum atomic E-state index is -1.13. The van der Waals surface area contributed by atoms with E-state index < -0.39 is 54.0 Å². The van der Waals surface area contributed by atoms with Crippen LogP contribution in [-0.4, -0.2) is 116 Å². The molecular weight excluding hydrogens is 676 g/mol. The molecule has 1 aromatic rings. The molecule has 1 aliphatic heterocycles. The number of hydrogen-bond donors (Lipinski definition) is 3. The average molecular weight is 745 g/mol. The maximum absolute atomic E-state index is 14.2. The summed E-state index contributed by atoms with van der Waals surface area (Å²) >= 11 is 0. The number of benzene rings is 1. The van der Waals surface area contributed by atoms with E-state index in [0.717, 1.165) is 17.5 Å². The van der Waals surface area contributed by atoms with Crippen molar-refractivity contribution in [3.8, 4) is 0 Å². The van der Waals surface area contributed by atoms with Crippen LogP contribution in [0.4, 0.5) is 0 Å². The highest BCUT2D eigenvalue weighted by Gasteiger charge is 2.43. The fraction of sp³-hybridized carbons (Fsp3) is 0.732. The number of likely N-dealkylation sites (N-methyl/N-ethyl adjacent to an activating group) is 2. The van der Waals surface area contributed by atoms with Gasteiger partial charge in [-0.1, -0.05) is 79.2 Å². The number of methoxy groups -OCH3 is 2. The Bertz CT molecular complexity index is 1370. The summed E-state index contributed by atoms with van der Waals surface area (Å²) in [6.07, 6.45) is 1.03. The second-order valence-corrected chi connectivity index (χ2v) is 15.7. The first-order valence-corrected chi connectivity index (χ1v) is 19.3. The van der Waals surface area contributed by atoms with Gasteiger partial charge in [0.15, 0.2) is 5.78 Å². The van der Waals surface area contributed by atoms with Crippen molar-refractivity contribution in [2.24, 2.45) is 29.6 Å². The average Bonchev–Trinajstić information content (AvgIpc) is 3.60. The number of ether oxygens (including phenoxy) is 2. The monoisotopic (exact) mass is 745 g/mol. The first-order chi connectivity index (χ1) is 24.9. The molecule has 2 rings (SSSR count). The molecule has 0 bridgehead atoms. The minimum absolute atomic E-state index is 0.00182. The molecule has 3 amide bonds. The number of nitrogens with zero attached hydrogens (tertiary/aromatic N) is 2. The number of carboxylic acids is 1. The summed E-state index contributed by atoms with van der Waals surface area (Å²) in [6, 6.07) is 5.15. The number of amides is 3. The molecule has 9 atom stereocenters. The number of carbonyl (C=O) groups is 5. The Labute approximate surface area is 318 Å². The molecule has 1 aromatic carbocycles. The van der Waals surface area contributed by atoms with Crippen LogP contribution in [-0.2, 0) is 39.9 Å². The lowest BCUT2D eigenvalue weighted by Crippen LogP contribution is -2.55. The highest BCUT2D eigenvalue weighted by Crippen LogP contribution is 2.31. The number of aliphatic carboxylic acids is 1. The van der Waals surface area contributed by atoms with E-state index in [4.69, 9.17) is 9.47 Å². The van der Waals surface area contributed by atoms with Crippen LogP contribution in [0.1, 0.15) is 91.7 Å². The second kappa shape index (κ2) is 21.5. The van der Waals surface area contributed by atoms with Gasteiger partial charge in [-0.25, -0.2) is 4.79 Å². The zero-order valence-corrected chi connectivity index (χ0v) is 34.3. The summed E-state index contributed by atoms with van der Waals surface area (Å²) in [5.41, 5.74) is 1.77. The van der Waals surface area contributed by atoms with Gasteiger partial charge in [-0.2, -0.15) is 0 Å². The Kier molecular flexibility index (Phi) is 18.6. The molecule has 53 heavy (non-hydrogen) atoms. The van der Waals surface area contributed by atoms with E-state index >= 15 is 0 Å². The number of carbonyl (C=O) groups excluding carboxylic acids is 4. The summed E-state index contributed by atoms with van der Waals surface area (Å²) in [6.45, 7) is 16.0. The van der Waals surface area contributed by atoms with Crippen molar-refractivity contribution >= 4 is 29.5 Å². The van der Waals surface area contributed by atoms with E-state index in [1.54, 1.807) is 37.9 Å². The van der Waals surface area contributed by atoms with Gasteiger partial charge in [0.25, 0.3) is 0 Å². The summed E-state index contributed by atoms with van der Waals surface area (Å²) in [5, 5.41) is 15.8. The predicted octanol–water partition coefficient (Wildman–Crippen LogP) is 4.50. The van der Waals surface area contributed by atoms with Crippen LogP contribution in [0.3, 0.4) is 0 Å². The smallest absolute Gasteiger partial charge is 0.326 e.